The second-order valence-electron chi connectivity index (χ2n) is 6.90. The molecule has 1 amide bonds. The molecule has 0 spiro atoms. The number of nitrogens with zero attached hydrogens (tertiary/aromatic N) is 1. The van der Waals surface area contributed by atoms with Crippen molar-refractivity contribution in [2.75, 3.05) is 19.6 Å². The topological polar surface area (TPSA) is 98.1 Å². The number of nitrogens with one attached hydrogen (secondary N) is 3. The first kappa shape index (κ1) is 16.5. The van der Waals surface area contributed by atoms with Crippen molar-refractivity contribution in [1.82, 2.24) is 20.2 Å². The van der Waals surface area contributed by atoms with E-state index in [2.05, 4.69) is 41.0 Å². The molecule has 1 atom stereocenters. The van der Waals surface area contributed by atoms with E-state index < -0.39 is 17.2 Å². The molecule has 1 fully saturated rings. The van der Waals surface area contributed by atoms with E-state index in [0.29, 0.717) is 0 Å². The summed E-state index contributed by atoms with van der Waals surface area (Å²) in [4.78, 5) is 41.7. The van der Waals surface area contributed by atoms with Crippen LogP contribution in [0.1, 0.15) is 44.1 Å². The molecule has 3 N–H and O–H groups in total. The number of carbonyl (C=O) groups excluding carboxylic acids is 1. The van der Waals surface area contributed by atoms with Crippen LogP contribution in [0.4, 0.5) is 0 Å². The lowest BCUT2D eigenvalue weighted by atomic mass is 9.86. The fourth-order valence-electron chi connectivity index (χ4n) is 2.59. The van der Waals surface area contributed by atoms with Crippen molar-refractivity contribution in [3.05, 3.63) is 32.6 Å². The largest absolute Gasteiger partial charge is 0.346 e. The van der Waals surface area contributed by atoms with E-state index in [1.54, 1.807) is 0 Å². The molecule has 1 aromatic heterocycles. The van der Waals surface area contributed by atoms with Gasteiger partial charge in [0.15, 0.2) is 0 Å². The molecule has 0 radical (unpaired) electrons. The fourth-order valence-corrected chi connectivity index (χ4v) is 2.59. The van der Waals surface area contributed by atoms with Crippen molar-refractivity contribution in [2.45, 2.75) is 39.7 Å². The van der Waals surface area contributed by atoms with Gasteiger partial charge < -0.3 is 15.2 Å². The number of amides is 1. The van der Waals surface area contributed by atoms with Crippen molar-refractivity contribution in [3.63, 3.8) is 0 Å². The van der Waals surface area contributed by atoms with Crippen LogP contribution in [-0.4, -0.2) is 46.5 Å². The van der Waals surface area contributed by atoms with Crippen molar-refractivity contribution in [1.29, 1.82) is 0 Å². The molecular weight excluding hydrogens is 284 g/mol. The summed E-state index contributed by atoms with van der Waals surface area (Å²) < 4.78 is 0. The van der Waals surface area contributed by atoms with Crippen LogP contribution in [0.15, 0.2) is 15.7 Å². The molecule has 0 saturated carbocycles. The molecule has 2 heterocycles. The minimum atomic E-state index is -0.676. The zero-order chi connectivity index (χ0) is 16.3. The molecule has 22 heavy (non-hydrogen) atoms. The summed E-state index contributed by atoms with van der Waals surface area (Å²) in [5.74, 6) is -0.428. The number of hydrogen-bond acceptors (Lipinski definition) is 4. The molecule has 1 aliphatic heterocycles. The van der Waals surface area contributed by atoms with Crippen LogP contribution in [0.5, 0.6) is 0 Å². The molecule has 1 aromatic rings. The van der Waals surface area contributed by atoms with Crippen LogP contribution >= 0.6 is 0 Å². The van der Waals surface area contributed by atoms with Crippen LogP contribution in [0, 0.1) is 5.41 Å². The maximum Gasteiger partial charge on any atom is 0.326 e. The molecule has 0 unspecified atom stereocenters. The van der Waals surface area contributed by atoms with Gasteiger partial charge >= 0.3 is 5.69 Å². The monoisotopic (exact) mass is 308 g/mol. The molecule has 1 saturated heterocycles. The first-order valence-electron chi connectivity index (χ1n) is 7.62. The van der Waals surface area contributed by atoms with Gasteiger partial charge in [-0.15, -0.1) is 0 Å². The summed E-state index contributed by atoms with van der Waals surface area (Å²) >= 11 is 0. The SMILES string of the molecule is CC(C)(C)[C@@H](CN1CCCC1)NC(=O)c1cc(=O)[nH]c(=O)[nH]1. The Kier molecular flexibility index (Phi) is 4.85. The molecule has 122 valence electrons. The number of hydrogen-bond donors (Lipinski definition) is 3. The molecule has 0 aromatic carbocycles. The van der Waals surface area contributed by atoms with Crippen LogP contribution in [0.2, 0.25) is 0 Å². The lowest BCUT2D eigenvalue weighted by Crippen LogP contribution is -2.50. The highest BCUT2D eigenvalue weighted by molar-refractivity contribution is 5.92. The van der Waals surface area contributed by atoms with Crippen molar-refractivity contribution >= 4 is 5.91 Å². The van der Waals surface area contributed by atoms with Gasteiger partial charge in [-0.25, -0.2) is 4.79 Å². The highest BCUT2D eigenvalue weighted by Gasteiger charge is 2.29. The van der Waals surface area contributed by atoms with Gasteiger partial charge in [0, 0.05) is 18.7 Å². The summed E-state index contributed by atoms with van der Waals surface area (Å²) in [6, 6.07) is 1.03. The third-order valence-electron chi connectivity index (χ3n) is 4.00. The Balaban J connectivity index is 2.13. The lowest BCUT2D eigenvalue weighted by molar-refractivity contribution is 0.0872. The van der Waals surface area contributed by atoms with Gasteiger partial charge in [0.05, 0.1) is 0 Å². The van der Waals surface area contributed by atoms with E-state index >= 15 is 0 Å². The van der Waals surface area contributed by atoms with Gasteiger partial charge in [0.2, 0.25) is 0 Å². The Bertz CT molecular complexity index is 607. The second-order valence-corrected chi connectivity index (χ2v) is 6.90. The Labute approximate surface area is 129 Å². The van der Waals surface area contributed by atoms with E-state index in [1.165, 1.54) is 12.8 Å². The lowest BCUT2D eigenvalue weighted by Gasteiger charge is -2.34. The minimum Gasteiger partial charge on any atom is -0.346 e. The summed E-state index contributed by atoms with van der Waals surface area (Å²) in [5.41, 5.74) is -1.39. The van der Waals surface area contributed by atoms with E-state index in [1.807, 2.05) is 0 Å². The number of aromatic nitrogens is 2. The molecule has 2 rings (SSSR count). The van der Waals surface area contributed by atoms with Crippen molar-refractivity contribution < 1.29 is 4.79 Å². The van der Waals surface area contributed by atoms with Crippen LogP contribution in [0.3, 0.4) is 0 Å². The summed E-state index contributed by atoms with van der Waals surface area (Å²) in [7, 11) is 0. The first-order valence-corrected chi connectivity index (χ1v) is 7.62. The molecule has 0 bridgehead atoms. The van der Waals surface area contributed by atoms with Crippen molar-refractivity contribution in [2.24, 2.45) is 5.41 Å². The maximum atomic E-state index is 12.3. The smallest absolute Gasteiger partial charge is 0.326 e. The van der Waals surface area contributed by atoms with Crippen LogP contribution in [-0.2, 0) is 0 Å². The van der Waals surface area contributed by atoms with E-state index in [0.717, 1.165) is 25.7 Å². The third-order valence-corrected chi connectivity index (χ3v) is 4.00. The molecule has 0 aliphatic carbocycles. The first-order chi connectivity index (χ1) is 10.3. The number of aromatic amines is 2. The number of H-pyrrole nitrogens is 2. The normalized spacial score (nSPS) is 17.4. The highest BCUT2D eigenvalue weighted by Crippen LogP contribution is 2.22. The van der Waals surface area contributed by atoms with E-state index in [4.69, 9.17) is 0 Å². The Morgan fingerprint density at radius 3 is 2.45 bits per heavy atom. The fraction of sp³-hybridized carbons (Fsp3) is 0.667. The Hall–Kier alpha value is -1.89. The predicted molar refractivity (Wildman–Crippen MR) is 84.1 cm³/mol. The average molecular weight is 308 g/mol. The number of carbonyl (C=O) groups is 1. The van der Waals surface area contributed by atoms with Gasteiger partial charge in [-0.2, -0.15) is 0 Å². The van der Waals surface area contributed by atoms with Gasteiger partial charge in [-0.05, 0) is 31.3 Å². The van der Waals surface area contributed by atoms with Crippen LogP contribution < -0.4 is 16.6 Å². The summed E-state index contributed by atoms with van der Waals surface area (Å²) in [6.45, 7) is 9.05. The van der Waals surface area contributed by atoms with Gasteiger partial charge in [0.25, 0.3) is 11.5 Å². The average Bonchev–Trinajstić information content (AvgIpc) is 2.88. The van der Waals surface area contributed by atoms with Gasteiger partial charge in [0.1, 0.15) is 5.69 Å². The zero-order valence-electron chi connectivity index (χ0n) is 13.4. The zero-order valence-corrected chi connectivity index (χ0v) is 13.4. The Morgan fingerprint density at radius 1 is 1.27 bits per heavy atom. The third kappa shape index (κ3) is 4.30. The highest BCUT2D eigenvalue weighted by atomic mass is 16.2. The standard InChI is InChI=1S/C15H24N4O3/c1-15(2,3)11(9-19-6-4-5-7-19)17-13(21)10-8-12(20)18-14(22)16-10/h8,11H,4-7,9H2,1-3H3,(H,17,21)(H2,16,18,20,22)/t11-/m1/s1. The van der Waals surface area contributed by atoms with Crippen LogP contribution in [0.25, 0.3) is 0 Å². The number of likely N-dealkylation sites (tertiary alicyclic amines) is 1. The second kappa shape index (κ2) is 6.48. The molecule has 7 nitrogen and oxygen atoms in total. The summed E-state index contributed by atoms with van der Waals surface area (Å²) in [5, 5.41) is 2.95. The maximum absolute atomic E-state index is 12.3. The van der Waals surface area contributed by atoms with E-state index in [9.17, 15) is 14.4 Å². The van der Waals surface area contributed by atoms with Crippen molar-refractivity contribution in [3.8, 4) is 0 Å². The quantitative estimate of drug-likeness (QED) is 0.745. The van der Waals surface area contributed by atoms with Gasteiger partial charge in [-0.3, -0.25) is 14.6 Å². The molecular formula is C15H24N4O3. The predicted octanol–water partition coefficient (Wildman–Crippen LogP) is 0.304. The number of rotatable bonds is 4. The molecule has 1 aliphatic rings. The summed E-state index contributed by atoms with van der Waals surface area (Å²) in [6.07, 6.45) is 2.37. The van der Waals surface area contributed by atoms with Gasteiger partial charge in [-0.1, -0.05) is 20.8 Å². The van der Waals surface area contributed by atoms with E-state index in [-0.39, 0.29) is 17.2 Å². The minimum absolute atomic E-state index is 0.00979. The molecule has 7 heteroatoms. The Morgan fingerprint density at radius 2 is 1.91 bits per heavy atom.